The quantitative estimate of drug-likeness (QED) is 0.430. The van der Waals surface area contributed by atoms with Crippen molar-refractivity contribution in [3.8, 4) is 0 Å². The summed E-state index contributed by atoms with van der Waals surface area (Å²) in [5.74, 6) is 0.487. The van der Waals surface area contributed by atoms with Crippen LogP contribution in [-0.2, 0) is 16.4 Å². The van der Waals surface area contributed by atoms with Gasteiger partial charge >= 0.3 is 0 Å². The number of sulfonamides is 1. The molecule has 0 saturated heterocycles. The Balaban J connectivity index is 2.22. The van der Waals surface area contributed by atoms with Crippen molar-refractivity contribution in [2.75, 3.05) is 31.6 Å². The van der Waals surface area contributed by atoms with Crippen molar-refractivity contribution in [1.82, 2.24) is 4.31 Å². The average molecular weight is 411 g/mol. The molecule has 154 valence electrons. The number of nitrogens with zero attached hydrogens (tertiary/aromatic N) is 2. The van der Waals surface area contributed by atoms with Crippen LogP contribution in [0.2, 0.25) is 0 Å². The fourth-order valence-corrected chi connectivity index (χ4v) is 4.33. The van der Waals surface area contributed by atoms with Crippen LogP contribution in [0, 0.1) is 16.0 Å². The van der Waals surface area contributed by atoms with Gasteiger partial charge in [0, 0.05) is 44.6 Å². The Kier molecular flexibility index (Phi) is 7.55. The molecule has 9 nitrogen and oxygen atoms in total. The molecule has 28 heavy (non-hydrogen) atoms. The van der Waals surface area contributed by atoms with Crippen LogP contribution < -0.4 is 5.32 Å². The fourth-order valence-electron chi connectivity index (χ4n) is 2.85. The van der Waals surface area contributed by atoms with Crippen molar-refractivity contribution >= 4 is 21.4 Å². The third-order valence-corrected chi connectivity index (χ3v) is 6.46. The predicted molar refractivity (Wildman–Crippen MR) is 105 cm³/mol. The van der Waals surface area contributed by atoms with E-state index in [4.69, 9.17) is 4.42 Å². The van der Waals surface area contributed by atoms with Gasteiger partial charge in [-0.2, -0.15) is 4.31 Å². The van der Waals surface area contributed by atoms with Gasteiger partial charge in [0.05, 0.1) is 16.1 Å². The Labute approximate surface area is 164 Å². The van der Waals surface area contributed by atoms with Crippen molar-refractivity contribution in [3.05, 3.63) is 52.5 Å². The highest BCUT2D eigenvalue weighted by atomic mass is 32.2. The summed E-state index contributed by atoms with van der Waals surface area (Å²) in [4.78, 5) is 10.7. The van der Waals surface area contributed by atoms with Crippen LogP contribution in [0.5, 0.6) is 0 Å². The van der Waals surface area contributed by atoms with Gasteiger partial charge in [-0.25, -0.2) is 8.42 Å². The van der Waals surface area contributed by atoms with Crippen molar-refractivity contribution in [2.45, 2.75) is 25.2 Å². The highest BCUT2D eigenvalue weighted by Crippen LogP contribution is 2.29. The summed E-state index contributed by atoms with van der Waals surface area (Å²) in [7, 11) is -3.80. The van der Waals surface area contributed by atoms with Crippen LogP contribution in [0.25, 0.3) is 0 Å². The zero-order valence-electron chi connectivity index (χ0n) is 15.9. The smallest absolute Gasteiger partial charge is 0.293 e. The highest BCUT2D eigenvalue weighted by Gasteiger charge is 2.26. The van der Waals surface area contributed by atoms with E-state index in [9.17, 15) is 23.6 Å². The van der Waals surface area contributed by atoms with Gasteiger partial charge in [0.1, 0.15) is 11.4 Å². The van der Waals surface area contributed by atoms with Gasteiger partial charge in [-0.1, -0.05) is 13.8 Å². The molecule has 0 aliphatic carbocycles. The molecule has 1 unspecified atom stereocenters. The van der Waals surface area contributed by atoms with Crippen LogP contribution >= 0.6 is 0 Å². The van der Waals surface area contributed by atoms with E-state index in [0.717, 1.165) is 6.07 Å². The molecule has 0 aliphatic heterocycles. The van der Waals surface area contributed by atoms with E-state index in [1.54, 1.807) is 26.0 Å². The Bertz CT molecular complexity index is 879. The zero-order valence-corrected chi connectivity index (χ0v) is 16.7. The number of benzene rings is 1. The number of anilines is 1. The van der Waals surface area contributed by atoms with E-state index in [1.807, 2.05) is 0 Å². The van der Waals surface area contributed by atoms with E-state index in [0.29, 0.717) is 12.2 Å². The second-order valence-corrected chi connectivity index (χ2v) is 8.18. The molecule has 1 aromatic heterocycles. The normalized spacial score (nSPS) is 12.9. The molecule has 1 heterocycles. The molecule has 0 fully saturated rings. The van der Waals surface area contributed by atoms with E-state index < -0.39 is 14.9 Å². The molecule has 0 radical (unpaired) electrons. The molecular weight excluding hydrogens is 386 g/mol. The van der Waals surface area contributed by atoms with E-state index in [-0.39, 0.29) is 48.4 Å². The first-order chi connectivity index (χ1) is 13.3. The number of nitro groups is 1. The Morgan fingerprint density at radius 2 is 2.00 bits per heavy atom. The predicted octanol–water partition coefficient (Wildman–Crippen LogP) is 2.48. The summed E-state index contributed by atoms with van der Waals surface area (Å²) < 4.78 is 31.7. The van der Waals surface area contributed by atoms with Crippen molar-refractivity contribution in [3.63, 3.8) is 0 Å². The molecule has 2 aromatic rings. The van der Waals surface area contributed by atoms with Crippen LogP contribution in [0.15, 0.2) is 45.9 Å². The van der Waals surface area contributed by atoms with Gasteiger partial charge in [0.2, 0.25) is 10.0 Å². The lowest BCUT2D eigenvalue weighted by Gasteiger charge is -2.19. The van der Waals surface area contributed by atoms with E-state index in [2.05, 4.69) is 5.32 Å². The Hall–Kier alpha value is -2.43. The Morgan fingerprint density at radius 1 is 1.29 bits per heavy atom. The zero-order chi connectivity index (χ0) is 20.7. The summed E-state index contributed by atoms with van der Waals surface area (Å²) in [6, 6.07) is 7.34. The van der Waals surface area contributed by atoms with Gasteiger partial charge in [-0.15, -0.1) is 0 Å². The third-order valence-electron chi connectivity index (χ3n) is 4.42. The summed E-state index contributed by atoms with van der Waals surface area (Å²) in [6.07, 6.45) is 2.01. The second kappa shape index (κ2) is 9.67. The number of aliphatic hydroxyl groups excluding tert-OH is 1. The van der Waals surface area contributed by atoms with Gasteiger partial charge in [-0.3, -0.25) is 10.1 Å². The number of nitrogens with one attached hydrogen (secondary N) is 1. The maximum absolute atomic E-state index is 12.6. The summed E-state index contributed by atoms with van der Waals surface area (Å²) in [5.41, 5.74) is -0.135. The van der Waals surface area contributed by atoms with Crippen LogP contribution in [0.3, 0.4) is 0 Å². The summed E-state index contributed by atoms with van der Waals surface area (Å²) in [6.45, 7) is 4.10. The molecule has 0 saturated carbocycles. The van der Waals surface area contributed by atoms with Gasteiger partial charge < -0.3 is 14.8 Å². The lowest BCUT2D eigenvalue weighted by atomic mass is 10.0. The van der Waals surface area contributed by atoms with E-state index in [1.165, 1.54) is 22.7 Å². The van der Waals surface area contributed by atoms with E-state index >= 15 is 0 Å². The molecule has 2 rings (SSSR count). The first kappa shape index (κ1) is 21.9. The molecule has 1 atom stereocenters. The molecule has 1 aromatic carbocycles. The molecule has 0 aliphatic rings. The lowest BCUT2D eigenvalue weighted by Crippen LogP contribution is -2.30. The number of hydrogen-bond acceptors (Lipinski definition) is 7. The molecule has 2 N–H and O–H groups in total. The third kappa shape index (κ3) is 5.09. The minimum absolute atomic E-state index is 0.122. The molecule has 10 heteroatoms. The molecular formula is C18H25N3O6S. The number of rotatable bonds is 11. The first-order valence-electron chi connectivity index (χ1n) is 8.99. The maximum atomic E-state index is 12.6. The standard InChI is InChI=1S/C18H25N3O6S/c1-3-20(4-2)28(25,26)16-7-8-17(18(11-16)21(23)24)19-12-14(13-22)10-15-6-5-9-27-15/h5-9,11,14,19,22H,3-4,10,12-13H2,1-2H3. The monoisotopic (exact) mass is 411 g/mol. The fraction of sp³-hybridized carbons (Fsp3) is 0.444. The minimum atomic E-state index is -3.80. The van der Waals surface area contributed by atoms with Gasteiger partial charge in [0.25, 0.3) is 5.69 Å². The van der Waals surface area contributed by atoms with Crippen LogP contribution in [0.4, 0.5) is 11.4 Å². The molecule has 0 amide bonds. The second-order valence-electron chi connectivity index (χ2n) is 6.24. The largest absolute Gasteiger partial charge is 0.469 e. The lowest BCUT2D eigenvalue weighted by molar-refractivity contribution is -0.384. The van der Waals surface area contributed by atoms with Gasteiger partial charge in [-0.05, 0) is 24.3 Å². The number of nitro benzene ring substituents is 1. The van der Waals surface area contributed by atoms with Crippen molar-refractivity contribution < 1.29 is 22.9 Å². The topological polar surface area (TPSA) is 126 Å². The average Bonchev–Trinajstić information content (AvgIpc) is 3.18. The number of hydrogen-bond donors (Lipinski definition) is 2. The van der Waals surface area contributed by atoms with Crippen molar-refractivity contribution in [1.29, 1.82) is 0 Å². The van der Waals surface area contributed by atoms with Crippen molar-refractivity contribution in [2.24, 2.45) is 5.92 Å². The SMILES string of the molecule is CCN(CC)S(=O)(=O)c1ccc(NCC(CO)Cc2ccco2)c([N+](=O)[O-])c1. The molecule has 0 bridgehead atoms. The minimum Gasteiger partial charge on any atom is -0.469 e. The van der Waals surface area contributed by atoms with Gasteiger partial charge in [0.15, 0.2) is 0 Å². The van der Waals surface area contributed by atoms with Crippen LogP contribution in [-0.4, -0.2) is 49.0 Å². The molecule has 0 spiro atoms. The summed E-state index contributed by atoms with van der Waals surface area (Å²) in [5, 5.41) is 24.0. The first-order valence-corrected chi connectivity index (χ1v) is 10.4. The highest BCUT2D eigenvalue weighted by molar-refractivity contribution is 7.89. The number of furan rings is 1. The Morgan fingerprint density at radius 3 is 2.54 bits per heavy atom. The number of aliphatic hydroxyl groups is 1. The summed E-state index contributed by atoms with van der Waals surface area (Å²) >= 11 is 0. The van der Waals surface area contributed by atoms with Crippen LogP contribution in [0.1, 0.15) is 19.6 Å². The maximum Gasteiger partial charge on any atom is 0.293 e.